The Bertz CT molecular complexity index is 487. The topological polar surface area (TPSA) is 34.1 Å². The third-order valence-corrected chi connectivity index (χ3v) is 3.91. The average Bonchev–Trinajstić information content (AvgIpc) is 2.79. The van der Waals surface area contributed by atoms with Gasteiger partial charge in [0.05, 0.1) is 11.5 Å². The van der Waals surface area contributed by atoms with Crippen molar-refractivity contribution in [1.82, 2.24) is 4.98 Å². The molecule has 17 heavy (non-hydrogen) atoms. The minimum Gasteiger partial charge on any atom is -0.383 e. The predicted molar refractivity (Wildman–Crippen MR) is 75.6 cm³/mol. The zero-order valence-electron chi connectivity index (χ0n) is 9.44. The van der Waals surface area contributed by atoms with Crippen LogP contribution in [0.3, 0.4) is 0 Å². The van der Waals surface area contributed by atoms with Crippen LogP contribution < -0.4 is 5.32 Å². The van der Waals surface area contributed by atoms with Crippen LogP contribution in [-0.2, 0) is 4.74 Å². The molecule has 2 rings (SSSR count). The van der Waals surface area contributed by atoms with Crippen LogP contribution in [0.25, 0.3) is 10.4 Å². The van der Waals surface area contributed by atoms with Crippen LogP contribution >= 0.6 is 27.3 Å². The number of aromatic nitrogens is 1. The van der Waals surface area contributed by atoms with Crippen LogP contribution in [0.4, 0.5) is 5.13 Å². The highest BCUT2D eigenvalue weighted by atomic mass is 79.9. The van der Waals surface area contributed by atoms with E-state index in [1.54, 1.807) is 18.4 Å². The van der Waals surface area contributed by atoms with E-state index in [-0.39, 0.29) is 0 Å². The quantitative estimate of drug-likeness (QED) is 0.856. The van der Waals surface area contributed by atoms with Crippen LogP contribution in [0.15, 0.2) is 34.9 Å². The first-order chi connectivity index (χ1) is 8.31. The molecule has 3 nitrogen and oxygen atoms in total. The summed E-state index contributed by atoms with van der Waals surface area (Å²) in [6.07, 6.45) is 1.89. The lowest BCUT2D eigenvalue weighted by Crippen LogP contribution is -2.06. The largest absolute Gasteiger partial charge is 0.383 e. The lowest BCUT2D eigenvalue weighted by atomic mass is 10.2. The molecule has 0 amide bonds. The molecule has 0 unspecified atom stereocenters. The Morgan fingerprint density at radius 1 is 1.41 bits per heavy atom. The summed E-state index contributed by atoms with van der Waals surface area (Å²) >= 11 is 5.19. The van der Waals surface area contributed by atoms with Crippen molar-refractivity contribution in [3.8, 4) is 10.4 Å². The van der Waals surface area contributed by atoms with Crippen molar-refractivity contribution >= 4 is 32.4 Å². The van der Waals surface area contributed by atoms with Gasteiger partial charge in [0.15, 0.2) is 5.13 Å². The van der Waals surface area contributed by atoms with Crippen molar-refractivity contribution in [3.05, 3.63) is 34.9 Å². The number of ether oxygens (including phenoxy) is 1. The van der Waals surface area contributed by atoms with Gasteiger partial charge in [-0.2, -0.15) is 0 Å². The Hall–Kier alpha value is -0.910. The van der Waals surface area contributed by atoms with Crippen molar-refractivity contribution in [2.24, 2.45) is 0 Å². The van der Waals surface area contributed by atoms with E-state index < -0.39 is 0 Å². The number of nitrogens with zero attached hydrogens (tertiary/aromatic N) is 1. The summed E-state index contributed by atoms with van der Waals surface area (Å²) in [5, 5.41) is 4.15. The molecule has 5 heteroatoms. The number of thiazole rings is 1. The van der Waals surface area contributed by atoms with Crippen LogP contribution in [-0.4, -0.2) is 25.2 Å². The molecule has 0 aliphatic carbocycles. The van der Waals surface area contributed by atoms with E-state index >= 15 is 0 Å². The summed E-state index contributed by atoms with van der Waals surface area (Å²) in [4.78, 5) is 5.49. The zero-order chi connectivity index (χ0) is 12.1. The Labute approximate surface area is 113 Å². The van der Waals surface area contributed by atoms with Gasteiger partial charge < -0.3 is 10.1 Å². The molecule has 1 N–H and O–H groups in total. The molecule has 0 spiro atoms. The van der Waals surface area contributed by atoms with Gasteiger partial charge >= 0.3 is 0 Å². The summed E-state index contributed by atoms with van der Waals surface area (Å²) in [6.45, 7) is 1.46. The van der Waals surface area contributed by atoms with Crippen molar-refractivity contribution < 1.29 is 4.74 Å². The first-order valence-corrected chi connectivity index (χ1v) is 6.86. The number of benzene rings is 1. The van der Waals surface area contributed by atoms with Gasteiger partial charge in [0, 0.05) is 29.9 Å². The van der Waals surface area contributed by atoms with Gasteiger partial charge in [-0.1, -0.05) is 45.5 Å². The Balaban J connectivity index is 2.10. The number of rotatable bonds is 5. The minimum atomic E-state index is 0.684. The molecule has 90 valence electrons. The Morgan fingerprint density at radius 2 is 2.24 bits per heavy atom. The third kappa shape index (κ3) is 3.28. The highest BCUT2D eigenvalue weighted by molar-refractivity contribution is 9.10. The fraction of sp³-hybridized carbons (Fsp3) is 0.250. The third-order valence-electron chi connectivity index (χ3n) is 2.23. The predicted octanol–water partition coefficient (Wildman–Crippen LogP) is 3.63. The van der Waals surface area contributed by atoms with E-state index in [0.29, 0.717) is 6.61 Å². The number of nitrogens with one attached hydrogen (secondary N) is 1. The highest BCUT2D eigenvalue weighted by Gasteiger charge is 2.06. The number of methoxy groups -OCH3 is 1. The molecule has 1 heterocycles. The molecule has 1 aromatic heterocycles. The normalized spacial score (nSPS) is 10.5. The summed E-state index contributed by atoms with van der Waals surface area (Å²) in [5.41, 5.74) is 1.17. The maximum Gasteiger partial charge on any atom is 0.183 e. The smallest absolute Gasteiger partial charge is 0.183 e. The van der Waals surface area contributed by atoms with E-state index in [4.69, 9.17) is 4.74 Å². The standard InChI is InChI=1S/C12H13BrN2OS/c1-16-7-6-14-12-15-8-11(17-12)9-4-2-3-5-10(9)13/h2-5,8H,6-7H2,1H3,(H,14,15). The fourth-order valence-electron chi connectivity index (χ4n) is 1.40. The van der Waals surface area contributed by atoms with Crippen molar-refractivity contribution in [1.29, 1.82) is 0 Å². The van der Waals surface area contributed by atoms with Crippen molar-refractivity contribution in [3.63, 3.8) is 0 Å². The summed E-state index contributed by atoms with van der Waals surface area (Å²) < 4.78 is 6.07. The minimum absolute atomic E-state index is 0.684. The van der Waals surface area contributed by atoms with E-state index in [9.17, 15) is 0 Å². The Kier molecular flexibility index (Phi) is 4.53. The monoisotopic (exact) mass is 312 g/mol. The fourth-order valence-corrected chi connectivity index (χ4v) is 2.91. The maximum absolute atomic E-state index is 4.98. The van der Waals surface area contributed by atoms with E-state index in [0.717, 1.165) is 21.0 Å². The number of anilines is 1. The molecule has 0 radical (unpaired) electrons. The van der Waals surface area contributed by atoms with E-state index in [2.05, 4.69) is 32.3 Å². The van der Waals surface area contributed by atoms with Crippen LogP contribution in [0, 0.1) is 0 Å². The molecule has 0 aliphatic rings. The van der Waals surface area contributed by atoms with Gasteiger partial charge in [0.2, 0.25) is 0 Å². The highest BCUT2D eigenvalue weighted by Crippen LogP contribution is 2.33. The molecular formula is C12H13BrN2OS. The molecular weight excluding hydrogens is 300 g/mol. The number of halogens is 1. The first-order valence-electron chi connectivity index (χ1n) is 5.25. The van der Waals surface area contributed by atoms with Crippen molar-refractivity contribution in [2.75, 3.05) is 25.6 Å². The molecule has 2 aromatic rings. The lowest BCUT2D eigenvalue weighted by Gasteiger charge is -2.00. The van der Waals surface area contributed by atoms with Gasteiger partial charge in [-0.3, -0.25) is 0 Å². The molecule has 0 saturated heterocycles. The van der Waals surface area contributed by atoms with E-state index in [1.807, 2.05) is 24.4 Å². The van der Waals surface area contributed by atoms with Gasteiger partial charge in [-0.05, 0) is 6.07 Å². The summed E-state index contributed by atoms with van der Waals surface area (Å²) in [7, 11) is 1.69. The molecule has 1 aromatic carbocycles. The summed E-state index contributed by atoms with van der Waals surface area (Å²) in [5.74, 6) is 0. The molecule has 0 aliphatic heterocycles. The van der Waals surface area contributed by atoms with Crippen LogP contribution in [0.5, 0.6) is 0 Å². The number of hydrogen-bond donors (Lipinski definition) is 1. The molecule has 0 atom stereocenters. The molecule has 0 bridgehead atoms. The van der Waals surface area contributed by atoms with Crippen molar-refractivity contribution in [2.45, 2.75) is 0 Å². The SMILES string of the molecule is COCCNc1ncc(-c2ccccc2Br)s1. The van der Waals surface area contributed by atoms with Gasteiger partial charge in [-0.25, -0.2) is 4.98 Å². The average molecular weight is 313 g/mol. The van der Waals surface area contributed by atoms with Gasteiger partial charge in [-0.15, -0.1) is 0 Å². The molecule has 0 saturated carbocycles. The van der Waals surface area contributed by atoms with Crippen LogP contribution in [0.2, 0.25) is 0 Å². The second-order valence-corrected chi connectivity index (χ2v) is 5.31. The first kappa shape index (κ1) is 12.5. The second-order valence-electron chi connectivity index (χ2n) is 3.43. The summed E-state index contributed by atoms with van der Waals surface area (Å²) in [6, 6.07) is 8.15. The van der Waals surface area contributed by atoms with Gasteiger partial charge in [0.1, 0.15) is 0 Å². The van der Waals surface area contributed by atoms with E-state index in [1.165, 1.54) is 5.56 Å². The van der Waals surface area contributed by atoms with Crippen LogP contribution in [0.1, 0.15) is 0 Å². The number of hydrogen-bond acceptors (Lipinski definition) is 4. The van der Waals surface area contributed by atoms with Gasteiger partial charge in [0.25, 0.3) is 0 Å². The zero-order valence-corrected chi connectivity index (χ0v) is 11.8. The molecule has 0 fully saturated rings. The Morgan fingerprint density at radius 3 is 3.00 bits per heavy atom. The maximum atomic E-state index is 4.98. The second kappa shape index (κ2) is 6.14. The lowest BCUT2D eigenvalue weighted by molar-refractivity contribution is 0.211.